The van der Waals surface area contributed by atoms with E-state index in [1.54, 1.807) is 19.2 Å². The highest BCUT2D eigenvalue weighted by atomic mass is 35.5. The van der Waals surface area contributed by atoms with Gasteiger partial charge in [0.2, 0.25) is 0 Å². The van der Waals surface area contributed by atoms with Crippen LogP contribution >= 0.6 is 11.6 Å². The molecule has 0 saturated carbocycles. The van der Waals surface area contributed by atoms with Gasteiger partial charge in [0.15, 0.2) is 0 Å². The fourth-order valence-electron chi connectivity index (χ4n) is 2.40. The number of aromatic nitrogens is 1. The van der Waals surface area contributed by atoms with Crippen LogP contribution in [0.5, 0.6) is 11.5 Å². The smallest absolute Gasteiger partial charge is 0.352 e. The summed E-state index contributed by atoms with van der Waals surface area (Å²) >= 11 is 6.21. The Morgan fingerprint density at radius 2 is 1.88 bits per heavy atom. The molecule has 0 aliphatic carbocycles. The summed E-state index contributed by atoms with van der Waals surface area (Å²) in [7, 11) is 1.62. The summed E-state index contributed by atoms with van der Waals surface area (Å²) in [5.74, 6) is -0.245. The number of nitrogens with zero attached hydrogens (tertiary/aromatic N) is 2. The summed E-state index contributed by atoms with van der Waals surface area (Å²) in [6.45, 7) is 0. The number of aryl methyl sites for hydroxylation is 1. The second-order valence-corrected chi connectivity index (χ2v) is 5.49. The third-order valence-corrected chi connectivity index (χ3v) is 3.90. The Morgan fingerprint density at radius 1 is 1.21 bits per heavy atom. The number of carboxylic acid groups (broad SMARTS) is 1. The minimum atomic E-state index is -1.05. The van der Waals surface area contributed by atoms with E-state index in [1.807, 2.05) is 0 Å². The van der Waals surface area contributed by atoms with Crippen LogP contribution in [-0.4, -0.2) is 20.6 Å². The summed E-state index contributed by atoms with van der Waals surface area (Å²) in [4.78, 5) is 21.4. The highest BCUT2D eigenvalue weighted by molar-refractivity contribution is 6.35. The quantitative estimate of drug-likeness (QED) is 0.563. The molecule has 1 N–H and O–H groups in total. The molecule has 0 atom stereocenters. The van der Waals surface area contributed by atoms with Gasteiger partial charge in [-0.1, -0.05) is 11.6 Å². The minimum absolute atomic E-state index is 0.0376. The summed E-state index contributed by atoms with van der Waals surface area (Å²) < 4.78 is 7.17. The lowest BCUT2D eigenvalue weighted by Gasteiger charge is -2.08. The molecule has 1 heterocycles. The van der Waals surface area contributed by atoms with Gasteiger partial charge in [-0.2, -0.15) is 0 Å². The third-order valence-electron chi connectivity index (χ3n) is 3.59. The van der Waals surface area contributed by atoms with Crippen LogP contribution in [0, 0.1) is 10.1 Å². The van der Waals surface area contributed by atoms with Crippen LogP contribution in [0.1, 0.15) is 10.5 Å². The number of aromatic carboxylic acids is 1. The van der Waals surface area contributed by atoms with Crippen molar-refractivity contribution in [1.82, 2.24) is 4.57 Å². The van der Waals surface area contributed by atoms with Gasteiger partial charge < -0.3 is 14.4 Å². The topological polar surface area (TPSA) is 94.6 Å². The summed E-state index contributed by atoms with van der Waals surface area (Å²) in [6, 6.07) is 10.3. The normalized spacial score (nSPS) is 10.8. The van der Waals surface area contributed by atoms with Crippen molar-refractivity contribution in [1.29, 1.82) is 0 Å². The maximum atomic E-state index is 11.2. The maximum Gasteiger partial charge on any atom is 0.352 e. The number of nitro benzene ring substituents is 1. The van der Waals surface area contributed by atoms with Crippen LogP contribution in [-0.2, 0) is 7.05 Å². The van der Waals surface area contributed by atoms with E-state index in [0.29, 0.717) is 27.4 Å². The Kier molecular flexibility index (Phi) is 3.86. The predicted molar refractivity (Wildman–Crippen MR) is 88.1 cm³/mol. The highest BCUT2D eigenvalue weighted by Crippen LogP contribution is 2.33. The lowest BCUT2D eigenvalue weighted by atomic mass is 10.2. The van der Waals surface area contributed by atoms with Crippen LogP contribution in [0.4, 0.5) is 5.69 Å². The molecule has 24 heavy (non-hydrogen) atoms. The van der Waals surface area contributed by atoms with Gasteiger partial charge in [0.1, 0.15) is 17.2 Å². The molecule has 0 fully saturated rings. The number of non-ortho nitro benzene ring substituents is 1. The molecule has 3 aromatic rings. The van der Waals surface area contributed by atoms with Crippen LogP contribution in [0.25, 0.3) is 10.9 Å². The monoisotopic (exact) mass is 346 g/mol. The second-order valence-electron chi connectivity index (χ2n) is 5.08. The number of carbonyl (C=O) groups is 1. The molecule has 0 amide bonds. The molecule has 0 radical (unpaired) electrons. The first kappa shape index (κ1) is 15.8. The molecule has 0 spiro atoms. The molecule has 0 saturated heterocycles. The number of halogens is 1. The van der Waals surface area contributed by atoms with E-state index in [0.717, 1.165) is 0 Å². The molecule has 8 heteroatoms. The number of hydrogen-bond donors (Lipinski definition) is 1. The van der Waals surface area contributed by atoms with Crippen LogP contribution < -0.4 is 4.74 Å². The minimum Gasteiger partial charge on any atom is -0.477 e. The van der Waals surface area contributed by atoms with Gasteiger partial charge in [-0.3, -0.25) is 10.1 Å². The first-order valence-corrected chi connectivity index (χ1v) is 7.19. The summed E-state index contributed by atoms with van der Waals surface area (Å²) in [6.07, 6.45) is 0. The molecule has 0 aliphatic heterocycles. The molecule has 1 aromatic heterocycles. The zero-order chi connectivity index (χ0) is 17.4. The Hall–Kier alpha value is -3.06. The SMILES string of the molecule is Cn1c(C(=O)O)cc2c(Cl)cc(Oc3ccc([N+](=O)[O-])cc3)cc21. The van der Waals surface area contributed by atoms with Crippen molar-refractivity contribution >= 4 is 34.2 Å². The van der Waals surface area contributed by atoms with Gasteiger partial charge in [-0.25, -0.2) is 4.79 Å². The van der Waals surface area contributed by atoms with Gasteiger partial charge in [0.05, 0.1) is 15.5 Å². The van der Waals surface area contributed by atoms with E-state index in [-0.39, 0.29) is 11.4 Å². The first-order valence-electron chi connectivity index (χ1n) is 6.81. The van der Waals surface area contributed by atoms with Crippen LogP contribution in [0.15, 0.2) is 42.5 Å². The van der Waals surface area contributed by atoms with Crippen molar-refractivity contribution < 1.29 is 19.6 Å². The zero-order valence-corrected chi connectivity index (χ0v) is 13.1. The molecule has 0 bridgehead atoms. The second kappa shape index (κ2) is 5.86. The number of rotatable bonds is 4. The van der Waals surface area contributed by atoms with Crippen LogP contribution in [0.2, 0.25) is 5.02 Å². The molecule has 3 rings (SSSR count). The molecule has 2 aromatic carbocycles. The van der Waals surface area contributed by atoms with Crippen molar-refractivity contribution in [2.45, 2.75) is 0 Å². The van der Waals surface area contributed by atoms with E-state index >= 15 is 0 Å². The average molecular weight is 347 g/mol. The first-order chi connectivity index (χ1) is 11.4. The molecular formula is C16H11ClN2O5. The van der Waals surface area contributed by atoms with Crippen molar-refractivity contribution in [3.8, 4) is 11.5 Å². The molecular weight excluding hydrogens is 336 g/mol. The lowest BCUT2D eigenvalue weighted by molar-refractivity contribution is -0.384. The number of carboxylic acids is 1. The number of nitro groups is 1. The standard InChI is InChI=1S/C16H11ClN2O5/c1-18-14-7-11(6-13(17)12(14)8-15(18)16(20)21)24-10-4-2-9(3-5-10)19(22)23/h2-8H,1H3,(H,20,21). The zero-order valence-electron chi connectivity index (χ0n) is 12.4. The van der Waals surface area contributed by atoms with Gasteiger partial charge in [-0.15, -0.1) is 0 Å². The third kappa shape index (κ3) is 2.77. The van der Waals surface area contributed by atoms with E-state index in [1.165, 1.54) is 34.9 Å². The Bertz CT molecular complexity index is 963. The number of ether oxygens (including phenoxy) is 1. The number of hydrogen-bond acceptors (Lipinski definition) is 4. The molecule has 0 aliphatic rings. The largest absolute Gasteiger partial charge is 0.477 e. The Morgan fingerprint density at radius 3 is 2.46 bits per heavy atom. The van der Waals surface area contributed by atoms with Crippen molar-refractivity contribution in [2.24, 2.45) is 7.05 Å². The number of benzene rings is 2. The van der Waals surface area contributed by atoms with Gasteiger partial charge in [0.25, 0.3) is 5.69 Å². The predicted octanol–water partition coefficient (Wildman–Crippen LogP) is 4.23. The molecule has 0 unspecified atom stereocenters. The Balaban J connectivity index is 1.99. The lowest BCUT2D eigenvalue weighted by Crippen LogP contribution is -2.03. The highest BCUT2D eigenvalue weighted by Gasteiger charge is 2.15. The van der Waals surface area contributed by atoms with E-state index in [4.69, 9.17) is 16.3 Å². The number of fused-ring (bicyclic) bond motifs is 1. The Labute approximate surface area is 140 Å². The fraction of sp³-hybridized carbons (Fsp3) is 0.0625. The van der Waals surface area contributed by atoms with Crippen molar-refractivity contribution in [3.05, 3.63) is 63.3 Å². The molecule has 7 nitrogen and oxygen atoms in total. The van der Waals surface area contributed by atoms with E-state index in [9.17, 15) is 20.0 Å². The van der Waals surface area contributed by atoms with Crippen molar-refractivity contribution in [3.63, 3.8) is 0 Å². The molecule has 122 valence electrons. The summed E-state index contributed by atoms with van der Waals surface area (Å²) in [5, 5.41) is 20.8. The summed E-state index contributed by atoms with van der Waals surface area (Å²) in [5.41, 5.74) is 0.681. The van der Waals surface area contributed by atoms with Gasteiger partial charge >= 0.3 is 5.97 Å². The maximum absolute atomic E-state index is 11.2. The van der Waals surface area contributed by atoms with E-state index in [2.05, 4.69) is 0 Å². The van der Waals surface area contributed by atoms with Crippen LogP contribution in [0.3, 0.4) is 0 Å². The van der Waals surface area contributed by atoms with E-state index < -0.39 is 10.9 Å². The van der Waals surface area contributed by atoms with Gasteiger partial charge in [0, 0.05) is 36.7 Å². The fourth-order valence-corrected chi connectivity index (χ4v) is 2.66. The van der Waals surface area contributed by atoms with Gasteiger partial charge in [-0.05, 0) is 18.2 Å². The van der Waals surface area contributed by atoms with Crippen molar-refractivity contribution in [2.75, 3.05) is 0 Å². The average Bonchev–Trinajstić information content (AvgIpc) is 2.86.